The number of ether oxygens (including phenoxy) is 2. The summed E-state index contributed by atoms with van der Waals surface area (Å²) < 4.78 is 13.2. The van der Waals surface area contributed by atoms with Crippen molar-refractivity contribution in [1.82, 2.24) is 45.0 Å². The summed E-state index contributed by atoms with van der Waals surface area (Å²) in [6, 6.07) is 9.24. The Bertz CT molecular complexity index is 2510. The zero-order valence-electron chi connectivity index (χ0n) is 43.3. The first-order valence-corrected chi connectivity index (χ1v) is 26.0. The number of benzene rings is 1. The fraction of sp³-hybridized carbons (Fsp3) is 0.574. The Hall–Kier alpha value is -5.51. The number of pyridine rings is 1. The van der Waals surface area contributed by atoms with Gasteiger partial charge in [-0.15, -0.1) is 11.3 Å². The molecular weight excluding hydrogens is 919 g/mol. The van der Waals surface area contributed by atoms with E-state index in [1.807, 2.05) is 51.2 Å². The Morgan fingerprint density at radius 1 is 1.04 bits per heavy atom. The Morgan fingerprint density at radius 2 is 1.80 bits per heavy atom. The number of aryl methyl sites for hydroxylation is 1. The third kappa shape index (κ3) is 14.3. The summed E-state index contributed by atoms with van der Waals surface area (Å²) in [5.41, 5.74) is 9.60. The molecule has 0 bridgehead atoms. The van der Waals surface area contributed by atoms with Crippen LogP contribution >= 0.6 is 11.3 Å². The first kappa shape index (κ1) is 54.8. The molecule has 0 radical (unpaired) electrons. The highest BCUT2D eigenvalue weighted by atomic mass is 32.1. The summed E-state index contributed by atoms with van der Waals surface area (Å²) >= 11 is 1.49. The van der Waals surface area contributed by atoms with E-state index in [4.69, 9.17) is 19.4 Å². The molecule has 3 fully saturated rings. The molecule has 3 saturated heterocycles. The van der Waals surface area contributed by atoms with Crippen molar-refractivity contribution in [3.8, 4) is 34.4 Å². The lowest BCUT2D eigenvalue weighted by Gasteiger charge is -2.33. The molecule has 71 heavy (non-hydrogen) atoms. The number of carbonyl (C=O) groups excluding carboxylic acids is 5. The predicted molar refractivity (Wildman–Crippen MR) is 278 cm³/mol. The highest BCUT2D eigenvalue weighted by Gasteiger charge is 2.33. The van der Waals surface area contributed by atoms with Crippen LogP contribution < -0.4 is 10.7 Å². The van der Waals surface area contributed by atoms with Crippen molar-refractivity contribution in [3.05, 3.63) is 58.2 Å². The zero-order chi connectivity index (χ0) is 51.2. The van der Waals surface area contributed by atoms with E-state index in [-0.39, 0.29) is 60.1 Å². The van der Waals surface area contributed by atoms with E-state index >= 15 is 0 Å². The number of amides is 3. The van der Waals surface area contributed by atoms with Gasteiger partial charge in [0.2, 0.25) is 5.91 Å². The highest BCUT2D eigenvalue weighted by Crippen LogP contribution is 2.41. The quantitative estimate of drug-likeness (QED) is 0.0872. The summed E-state index contributed by atoms with van der Waals surface area (Å²) in [4.78, 5) is 76.6. The van der Waals surface area contributed by atoms with Gasteiger partial charge in [-0.25, -0.2) is 10.4 Å². The van der Waals surface area contributed by atoms with Crippen LogP contribution in [0.15, 0.2) is 41.9 Å². The molecule has 4 aromatic rings. The SMILES string of the molecule is COC(C)c1ncccc1-c1c(CC(C)(C)COC=O)c2cc(-c3csc(CC(NC(=O)C(C(C)C)N(C)C)C(=O)N4CCCCN4)n3)ccc2n1C.O=CC1CCN(C(=O)C#CCN2CCCCC2)C1. The van der Waals surface area contributed by atoms with Crippen molar-refractivity contribution < 1.29 is 33.4 Å². The van der Waals surface area contributed by atoms with Crippen LogP contribution in [-0.4, -0.2) is 150 Å². The molecular formula is C54H75N9O7S. The van der Waals surface area contributed by atoms with E-state index in [9.17, 15) is 24.0 Å². The van der Waals surface area contributed by atoms with Gasteiger partial charge in [-0.3, -0.25) is 39.0 Å². The highest BCUT2D eigenvalue weighted by molar-refractivity contribution is 7.10. The second kappa shape index (κ2) is 25.7. The number of likely N-dealkylation sites (tertiary alicyclic amines) is 2. The van der Waals surface area contributed by atoms with E-state index in [0.29, 0.717) is 39.1 Å². The second-order valence-corrected chi connectivity index (χ2v) is 21.3. The maximum atomic E-state index is 13.8. The van der Waals surface area contributed by atoms with Crippen LogP contribution in [0, 0.1) is 29.1 Å². The summed E-state index contributed by atoms with van der Waals surface area (Å²) in [7, 11) is 7.51. The topological polar surface area (TPSA) is 172 Å². The van der Waals surface area contributed by atoms with Crippen molar-refractivity contribution in [1.29, 1.82) is 0 Å². The number of nitrogens with one attached hydrogen (secondary N) is 2. The number of fused-ring (bicyclic) bond motifs is 1. The number of aldehydes is 1. The van der Waals surface area contributed by atoms with Gasteiger partial charge >= 0.3 is 0 Å². The average Bonchev–Trinajstić information content (AvgIpc) is 4.11. The normalized spacial score (nSPS) is 17.8. The molecule has 0 saturated carbocycles. The third-order valence-electron chi connectivity index (χ3n) is 13.7. The minimum Gasteiger partial charge on any atom is -0.467 e. The van der Waals surface area contributed by atoms with Gasteiger partial charge < -0.3 is 29.1 Å². The van der Waals surface area contributed by atoms with Crippen molar-refractivity contribution in [2.24, 2.45) is 24.3 Å². The van der Waals surface area contributed by atoms with Gasteiger partial charge in [0.05, 0.1) is 47.4 Å². The summed E-state index contributed by atoms with van der Waals surface area (Å²) in [6.07, 6.45) is 9.89. The lowest BCUT2D eigenvalue weighted by Crippen LogP contribution is -2.58. The Labute approximate surface area is 424 Å². The van der Waals surface area contributed by atoms with Gasteiger partial charge in [-0.2, -0.15) is 0 Å². The Balaban J connectivity index is 0.000000383. The Kier molecular flexibility index (Phi) is 19.9. The van der Waals surface area contributed by atoms with Crippen LogP contribution in [0.3, 0.4) is 0 Å². The second-order valence-electron chi connectivity index (χ2n) is 20.4. The number of piperidine rings is 1. The molecule has 0 aliphatic carbocycles. The van der Waals surface area contributed by atoms with Crippen molar-refractivity contribution in [2.45, 2.75) is 104 Å². The fourth-order valence-corrected chi connectivity index (χ4v) is 10.8. The fourth-order valence-electron chi connectivity index (χ4n) is 9.92. The molecule has 3 amide bonds. The number of thiazole rings is 1. The molecule has 3 aliphatic rings. The summed E-state index contributed by atoms with van der Waals surface area (Å²) in [5, 5.41) is 8.57. The number of carbonyl (C=O) groups is 5. The van der Waals surface area contributed by atoms with Gasteiger partial charge in [0, 0.05) is 91.7 Å². The van der Waals surface area contributed by atoms with E-state index in [1.54, 1.807) is 23.2 Å². The van der Waals surface area contributed by atoms with Crippen molar-refractivity contribution in [3.63, 3.8) is 0 Å². The molecule has 384 valence electrons. The molecule has 7 rings (SSSR count). The van der Waals surface area contributed by atoms with Crippen LogP contribution in [0.5, 0.6) is 0 Å². The van der Waals surface area contributed by atoms with Crippen LogP contribution in [0.25, 0.3) is 33.4 Å². The van der Waals surface area contributed by atoms with E-state index in [1.165, 1.54) is 30.6 Å². The van der Waals surface area contributed by atoms with E-state index in [2.05, 4.69) is 77.2 Å². The molecule has 4 unspecified atom stereocenters. The first-order chi connectivity index (χ1) is 34.0. The Morgan fingerprint density at radius 3 is 2.46 bits per heavy atom. The van der Waals surface area contributed by atoms with E-state index < -0.39 is 6.04 Å². The number of rotatable bonds is 18. The van der Waals surface area contributed by atoms with Crippen LogP contribution in [0.1, 0.15) is 95.5 Å². The molecule has 6 heterocycles. The number of hydrogen-bond acceptors (Lipinski definition) is 13. The number of nitrogens with zero attached hydrogens (tertiary/aromatic N) is 7. The third-order valence-corrected chi connectivity index (χ3v) is 14.5. The molecule has 2 N–H and O–H groups in total. The zero-order valence-corrected chi connectivity index (χ0v) is 44.1. The van der Waals surface area contributed by atoms with Crippen LogP contribution in [0.2, 0.25) is 0 Å². The predicted octanol–water partition coefficient (Wildman–Crippen LogP) is 6.08. The van der Waals surface area contributed by atoms with Gasteiger partial charge in [0.25, 0.3) is 18.3 Å². The van der Waals surface area contributed by atoms with Crippen LogP contribution in [0.4, 0.5) is 0 Å². The molecule has 17 heteroatoms. The number of likely N-dealkylation sites (N-methyl/N-ethyl adjacent to an activating group) is 1. The van der Waals surface area contributed by atoms with Crippen LogP contribution in [-0.2, 0) is 53.3 Å². The van der Waals surface area contributed by atoms with Gasteiger partial charge in [-0.05, 0) is 114 Å². The molecule has 16 nitrogen and oxygen atoms in total. The molecule has 1 aromatic carbocycles. The maximum Gasteiger partial charge on any atom is 0.298 e. The van der Waals surface area contributed by atoms with Gasteiger partial charge in [0.15, 0.2) is 0 Å². The molecule has 3 aliphatic heterocycles. The van der Waals surface area contributed by atoms with Crippen molar-refractivity contribution in [2.75, 3.05) is 73.6 Å². The minimum absolute atomic E-state index is 0.0119. The van der Waals surface area contributed by atoms with Crippen molar-refractivity contribution >= 4 is 52.7 Å². The molecule has 0 spiro atoms. The summed E-state index contributed by atoms with van der Waals surface area (Å²) in [6.45, 7) is 16.4. The monoisotopic (exact) mass is 994 g/mol. The average molecular weight is 994 g/mol. The minimum atomic E-state index is -0.766. The number of aromatic nitrogens is 3. The van der Waals surface area contributed by atoms with Gasteiger partial charge in [-0.1, -0.05) is 46.1 Å². The lowest BCUT2D eigenvalue weighted by atomic mass is 9.84. The number of methoxy groups -OCH3 is 1. The maximum absolute atomic E-state index is 13.8. The lowest BCUT2D eigenvalue weighted by molar-refractivity contribution is -0.141. The molecule has 4 atom stereocenters. The largest absolute Gasteiger partial charge is 0.467 e. The standard InChI is InChI=1S/C40H55N7O5S.C14H20N2O2/c1-25(2)36(45(6)7)38(49)44-31(39(50)47-18-11-10-17-42-47)20-34-43-32(22-53-34)27-14-15-33-29(19-27)30(21-40(4,5)23-52-24-48)37(46(33)8)28-13-12-16-41-35(28)26(3)51-9;17-12-13-6-10-16(11-13)14(18)5-4-9-15-7-2-1-3-8-15/h12-16,19,22,24-26,31,36,42H,10-11,17-18,20-21,23H2,1-9H3,(H,44,49);12-13H,1-3,6-11H2. The number of hydrogen-bond donors (Lipinski definition) is 2. The summed E-state index contributed by atoms with van der Waals surface area (Å²) in [5.74, 6) is 5.28. The smallest absolute Gasteiger partial charge is 0.298 e. The number of hydrazine groups is 1. The van der Waals surface area contributed by atoms with E-state index in [0.717, 1.165) is 94.9 Å². The molecule has 3 aromatic heterocycles. The van der Waals surface area contributed by atoms with Gasteiger partial charge in [0.1, 0.15) is 12.3 Å². The first-order valence-electron chi connectivity index (χ1n) is 25.1.